The number of carbonyl (C=O) groups excluding carboxylic acids is 2. The molecule has 1 aromatic carbocycles. The zero-order valence-corrected chi connectivity index (χ0v) is 12.4. The number of benzene rings is 1. The van der Waals surface area contributed by atoms with Crippen LogP contribution in [0.4, 0.5) is 0 Å². The molecule has 3 fully saturated rings. The van der Waals surface area contributed by atoms with Crippen LogP contribution in [0.25, 0.3) is 0 Å². The van der Waals surface area contributed by atoms with Crippen molar-refractivity contribution in [3.8, 4) is 5.75 Å². The predicted octanol–water partition coefficient (Wildman–Crippen LogP) is 2.91. The Labute approximate surface area is 124 Å². The fourth-order valence-corrected chi connectivity index (χ4v) is 5.33. The van der Waals surface area contributed by atoms with Crippen molar-refractivity contribution in [3.63, 3.8) is 0 Å². The first-order chi connectivity index (χ1) is 9.99. The van der Waals surface area contributed by atoms with Gasteiger partial charge in [-0.1, -0.05) is 0 Å². The van der Waals surface area contributed by atoms with Crippen molar-refractivity contribution >= 4 is 11.6 Å². The normalized spacial score (nSPS) is 37.3. The summed E-state index contributed by atoms with van der Waals surface area (Å²) in [6.45, 7) is 3.76. The van der Waals surface area contributed by atoms with E-state index in [2.05, 4.69) is 0 Å². The number of fused-ring (bicyclic) bond motifs is 5. The zero-order valence-electron chi connectivity index (χ0n) is 12.4. The second-order valence-electron chi connectivity index (χ2n) is 7.12. The lowest BCUT2D eigenvalue weighted by Gasteiger charge is -2.21. The number of phenolic OH excluding ortho intramolecular Hbond substituents is 1. The van der Waals surface area contributed by atoms with Crippen molar-refractivity contribution in [1.29, 1.82) is 0 Å². The SMILES string of the molecule is Cc1cc(O)cc(C)c1C1C(=O)[C@@H]2[C@@H]3CC[C@@H](C3)[C@@H]2C1=O. The summed E-state index contributed by atoms with van der Waals surface area (Å²) in [6, 6.07) is 3.32. The van der Waals surface area contributed by atoms with Gasteiger partial charge in [0.15, 0.2) is 11.6 Å². The molecule has 3 nitrogen and oxygen atoms in total. The first kappa shape index (κ1) is 13.1. The van der Waals surface area contributed by atoms with Gasteiger partial charge in [0.25, 0.3) is 0 Å². The van der Waals surface area contributed by atoms with E-state index in [1.54, 1.807) is 12.1 Å². The van der Waals surface area contributed by atoms with E-state index in [1.165, 1.54) is 0 Å². The Balaban J connectivity index is 1.81. The molecule has 0 radical (unpaired) electrons. The fourth-order valence-electron chi connectivity index (χ4n) is 5.33. The van der Waals surface area contributed by atoms with Gasteiger partial charge in [0.2, 0.25) is 0 Å². The highest BCUT2D eigenvalue weighted by molar-refractivity contribution is 6.16. The van der Waals surface area contributed by atoms with E-state index in [4.69, 9.17) is 0 Å². The number of rotatable bonds is 1. The van der Waals surface area contributed by atoms with Gasteiger partial charge in [-0.05, 0) is 73.8 Å². The molecule has 0 saturated heterocycles. The Morgan fingerprint density at radius 3 is 1.90 bits per heavy atom. The highest BCUT2D eigenvalue weighted by atomic mass is 16.3. The van der Waals surface area contributed by atoms with Crippen LogP contribution in [0.3, 0.4) is 0 Å². The molecule has 3 aliphatic carbocycles. The van der Waals surface area contributed by atoms with Gasteiger partial charge < -0.3 is 5.11 Å². The van der Waals surface area contributed by atoms with Crippen LogP contribution >= 0.6 is 0 Å². The Morgan fingerprint density at radius 2 is 1.43 bits per heavy atom. The summed E-state index contributed by atoms with van der Waals surface area (Å²) in [5.74, 6) is 0.764. The van der Waals surface area contributed by atoms with Gasteiger partial charge in [-0.15, -0.1) is 0 Å². The summed E-state index contributed by atoms with van der Waals surface area (Å²) < 4.78 is 0. The van der Waals surface area contributed by atoms with E-state index in [0.29, 0.717) is 11.8 Å². The molecular weight excluding hydrogens is 264 g/mol. The van der Waals surface area contributed by atoms with Crippen LogP contribution in [0.1, 0.15) is 41.9 Å². The van der Waals surface area contributed by atoms with Crippen molar-refractivity contribution in [1.82, 2.24) is 0 Å². The molecule has 4 rings (SSSR count). The minimum Gasteiger partial charge on any atom is -0.508 e. The number of carbonyl (C=O) groups is 2. The lowest BCUT2D eigenvalue weighted by molar-refractivity contribution is -0.125. The smallest absolute Gasteiger partial charge is 0.151 e. The average Bonchev–Trinajstić information content (AvgIpc) is 3.06. The van der Waals surface area contributed by atoms with Crippen molar-refractivity contribution in [2.75, 3.05) is 0 Å². The molecule has 0 spiro atoms. The maximum atomic E-state index is 12.9. The van der Waals surface area contributed by atoms with E-state index < -0.39 is 5.92 Å². The number of Topliss-reactive ketones (excluding diaryl/α,β-unsaturated/α-hetero) is 2. The Hall–Kier alpha value is -1.64. The maximum Gasteiger partial charge on any atom is 0.151 e. The fraction of sp³-hybridized carbons (Fsp3) is 0.556. The van der Waals surface area contributed by atoms with Crippen LogP contribution in [0.15, 0.2) is 12.1 Å². The third-order valence-corrected chi connectivity index (χ3v) is 6.01. The number of phenols is 1. The van der Waals surface area contributed by atoms with Gasteiger partial charge in [-0.3, -0.25) is 9.59 Å². The van der Waals surface area contributed by atoms with Gasteiger partial charge >= 0.3 is 0 Å². The van der Waals surface area contributed by atoms with Crippen LogP contribution in [0, 0.1) is 37.5 Å². The molecule has 0 aliphatic heterocycles. The van der Waals surface area contributed by atoms with E-state index in [0.717, 1.165) is 36.0 Å². The monoisotopic (exact) mass is 284 g/mol. The molecule has 21 heavy (non-hydrogen) atoms. The van der Waals surface area contributed by atoms with E-state index in [1.807, 2.05) is 13.8 Å². The molecule has 3 heteroatoms. The van der Waals surface area contributed by atoms with Crippen molar-refractivity contribution < 1.29 is 14.7 Å². The quantitative estimate of drug-likeness (QED) is 0.807. The second-order valence-corrected chi connectivity index (χ2v) is 7.12. The molecule has 0 heterocycles. The first-order valence-electron chi connectivity index (χ1n) is 7.86. The largest absolute Gasteiger partial charge is 0.508 e. The van der Waals surface area contributed by atoms with E-state index in [-0.39, 0.29) is 29.2 Å². The van der Waals surface area contributed by atoms with Crippen LogP contribution in [-0.4, -0.2) is 16.7 Å². The number of ketones is 2. The Morgan fingerprint density at radius 1 is 0.952 bits per heavy atom. The van der Waals surface area contributed by atoms with Gasteiger partial charge in [0.05, 0.1) is 0 Å². The summed E-state index contributed by atoms with van der Waals surface area (Å²) in [4.78, 5) is 25.8. The van der Waals surface area contributed by atoms with Gasteiger partial charge in [-0.25, -0.2) is 0 Å². The summed E-state index contributed by atoms with van der Waals surface area (Å²) in [5.41, 5.74) is 2.55. The zero-order chi connectivity index (χ0) is 14.9. The third-order valence-electron chi connectivity index (χ3n) is 6.01. The molecule has 0 aromatic heterocycles. The van der Waals surface area contributed by atoms with Crippen LogP contribution < -0.4 is 0 Å². The van der Waals surface area contributed by atoms with Crippen molar-refractivity contribution in [3.05, 3.63) is 28.8 Å². The van der Waals surface area contributed by atoms with Crippen molar-refractivity contribution in [2.45, 2.75) is 39.0 Å². The predicted molar refractivity (Wildman–Crippen MR) is 78.1 cm³/mol. The van der Waals surface area contributed by atoms with E-state index >= 15 is 0 Å². The molecule has 1 aromatic rings. The second kappa shape index (κ2) is 4.19. The number of aryl methyl sites for hydroxylation is 2. The Kier molecular flexibility index (Phi) is 2.60. The van der Waals surface area contributed by atoms with Gasteiger partial charge in [0, 0.05) is 11.8 Å². The van der Waals surface area contributed by atoms with Gasteiger partial charge in [0.1, 0.15) is 11.7 Å². The van der Waals surface area contributed by atoms with Crippen LogP contribution in [0.2, 0.25) is 0 Å². The third kappa shape index (κ3) is 1.60. The van der Waals surface area contributed by atoms with Crippen LogP contribution in [0.5, 0.6) is 5.75 Å². The minimum absolute atomic E-state index is 0.0196. The summed E-state index contributed by atoms with van der Waals surface area (Å²) >= 11 is 0. The topological polar surface area (TPSA) is 54.4 Å². The van der Waals surface area contributed by atoms with E-state index in [9.17, 15) is 14.7 Å². The highest BCUT2D eigenvalue weighted by Crippen LogP contribution is 2.59. The molecule has 5 atom stereocenters. The highest BCUT2D eigenvalue weighted by Gasteiger charge is 2.61. The molecular formula is C18H20O3. The number of aromatic hydroxyl groups is 1. The molecule has 3 saturated carbocycles. The summed E-state index contributed by atoms with van der Waals surface area (Å²) in [5, 5.41) is 9.68. The maximum absolute atomic E-state index is 12.9. The molecule has 0 amide bonds. The average molecular weight is 284 g/mol. The summed E-state index contributed by atoms with van der Waals surface area (Å²) in [7, 11) is 0. The van der Waals surface area contributed by atoms with Crippen LogP contribution in [-0.2, 0) is 9.59 Å². The lowest BCUT2D eigenvalue weighted by atomic mass is 9.81. The number of hydrogen-bond acceptors (Lipinski definition) is 3. The number of hydrogen-bond donors (Lipinski definition) is 1. The van der Waals surface area contributed by atoms with Gasteiger partial charge in [-0.2, -0.15) is 0 Å². The molecule has 110 valence electrons. The minimum atomic E-state index is -0.580. The van der Waals surface area contributed by atoms with Crippen molar-refractivity contribution in [2.24, 2.45) is 23.7 Å². The molecule has 2 bridgehead atoms. The molecule has 1 N–H and O–H groups in total. The molecule has 1 unspecified atom stereocenters. The first-order valence-corrected chi connectivity index (χ1v) is 7.86. The lowest BCUT2D eigenvalue weighted by Crippen LogP contribution is -2.24. The summed E-state index contributed by atoms with van der Waals surface area (Å²) in [6.07, 6.45) is 3.31. The standard InChI is InChI=1S/C18H20O3/c1-8-5-12(19)6-9(2)13(8)16-17(20)14-10-3-4-11(7-10)15(14)18(16)21/h5-6,10-11,14-16,19H,3-4,7H2,1-2H3/t10-,11+,14-,15+,16?. The Bertz CT molecular complexity index is 609. The molecule has 3 aliphatic rings.